The number of ether oxygens (including phenoxy) is 1. The predicted molar refractivity (Wildman–Crippen MR) is 79.6 cm³/mol. The first-order valence-corrected chi connectivity index (χ1v) is 7.66. The molecule has 0 radical (unpaired) electrons. The number of carbonyl (C=O) groups excluding carboxylic acids is 1. The average Bonchev–Trinajstić information content (AvgIpc) is 2.78. The van der Waals surface area contributed by atoms with Gasteiger partial charge in [-0.15, -0.1) is 0 Å². The second-order valence-corrected chi connectivity index (χ2v) is 6.36. The van der Waals surface area contributed by atoms with Gasteiger partial charge in [-0.2, -0.15) is 0 Å². The molecule has 0 amide bonds. The van der Waals surface area contributed by atoms with Gasteiger partial charge in [-0.05, 0) is 49.8 Å². The summed E-state index contributed by atoms with van der Waals surface area (Å²) in [5.41, 5.74) is 0.706. The molecule has 2 saturated heterocycles. The van der Waals surface area contributed by atoms with E-state index in [9.17, 15) is 4.79 Å². The highest BCUT2D eigenvalue weighted by Crippen LogP contribution is 2.34. The lowest BCUT2D eigenvalue weighted by atomic mass is 9.87. The lowest BCUT2D eigenvalue weighted by molar-refractivity contribution is 0.0945. The zero-order chi connectivity index (χ0) is 14.1. The Balaban J connectivity index is 1.67. The van der Waals surface area contributed by atoms with E-state index in [-0.39, 0.29) is 5.78 Å². The normalized spacial score (nSPS) is 28.4. The molecule has 0 aliphatic carbocycles. The molecule has 2 fully saturated rings. The average molecular weight is 294 g/mol. The third-order valence-corrected chi connectivity index (χ3v) is 4.83. The van der Waals surface area contributed by atoms with E-state index in [0.717, 1.165) is 12.8 Å². The van der Waals surface area contributed by atoms with Crippen LogP contribution in [0.4, 0.5) is 0 Å². The number of rotatable bonds is 4. The lowest BCUT2D eigenvalue weighted by Gasteiger charge is -2.28. The van der Waals surface area contributed by atoms with E-state index in [1.165, 1.54) is 12.8 Å². The summed E-state index contributed by atoms with van der Waals surface area (Å²) in [5.74, 6) is 1.29. The van der Waals surface area contributed by atoms with Crippen LogP contribution in [0.3, 0.4) is 0 Å². The Hall–Kier alpha value is -1.06. The maximum Gasteiger partial charge on any atom is 0.163 e. The fourth-order valence-electron chi connectivity index (χ4n) is 3.56. The molecule has 0 aromatic heterocycles. The number of ketones is 1. The van der Waals surface area contributed by atoms with Gasteiger partial charge in [0.15, 0.2) is 5.78 Å². The molecule has 2 aliphatic rings. The van der Waals surface area contributed by atoms with Crippen molar-refractivity contribution in [3.8, 4) is 5.75 Å². The number of hydrogen-bond acceptors (Lipinski definition) is 3. The summed E-state index contributed by atoms with van der Waals surface area (Å²) in [6.07, 6.45) is 5.44. The minimum absolute atomic E-state index is 0.200. The molecule has 108 valence electrons. The SMILES string of the molecule is COc1cc(C(=O)CC2CC3CCC(C2)N3)ccc1Cl. The van der Waals surface area contributed by atoms with Crippen molar-refractivity contribution in [1.82, 2.24) is 5.32 Å². The first-order valence-electron chi connectivity index (χ1n) is 7.28. The van der Waals surface area contributed by atoms with Crippen LogP contribution in [-0.2, 0) is 0 Å². The Morgan fingerprint density at radius 2 is 2.05 bits per heavy atom. The number of piperidine rings is 1. The first kappa shape index (κ1) is 13.9. The Kier molecular flexibility index (Phi) is 3.99. The number of halogens is 1. The second kappa shape index (κ2) is 5.74. The number of benzene rings is 1. The van der Waals surface area contributed by atoms with Crippen molar-refractivity contribution in [3.63, 3.8) is 0 Å². The number of nitrogens with one attached hydrogen (secondary N) is 1. The Morgan fingerprint density at radius 3 is 2.70 bits per heavy atom. The Morgan fingerprint density at radius 1 is 1.35 bits per heavy atom. The molecule has 1 aromatic rings. The van der Waals surface area contributed by atoms with E-state index in [4.69, 9.17) is 16.3 Å². The molecular formula is C16H20ClNO2. The maximum absolute atomic E-state index is 12.4. The predicted octanol–water partition coefficient (Wildman–Crippen LogP) is 3.45. The van der Waals surface area contributed by atoms with Crippen molar-refractivity contribution < 1.29 is 9.53 Å². The lowest BCUT2D eigenvalue weighted by Crippen LogP contribution is -2.38. The van der Waals surface area contributed by atoms with Crippen LogP contribution in [0.5, 0.6) is 5.75 Å². The third-order valence-electron chi connectivity index (χ3n) is 4.52. The van der Waals surface area contributed by atoms with Gasteiger partial charge in [0.25, 0.3) is 0 Å². The quantitative estimate of drug-likeness (QED) is 0.864. The zero-order valence-electron chi connectivity index (χ0n) is 11.7. The monoisotopic (exact) mass is 293 g/mol. The number of Topliss-reactive ketones (excluding diaryl/α,β-unsaturated/α-hetero) is 1. The van der Waals surface area contributed by atoms with Gasteiger partial charge < -0.3 is 10.1 Å². The van der Waals surface area contributed by atoms with E-state index < -0.39 is 0 Å². The molecule has 2 atom stereocenters. The smallest absolute Gasteiger partial charge is 0.163 e. The van der Waals surface area contributed by atoms with Crippen LogP contribution in [-0.4, -0.2) is 25.0 Å². The van der Waals surface area contributed by atoms with Crippen LogP contribution in [0.15, 0.2) is 18.2 Å². The van der Waals surface area contributed by atoms with E-state index in [1.54, 1.807) is 25.3 Å². The number of hydrogen-bond donors (Lipinski definition) is 1. The van der Waals surface area contributed by atoms with Gasteiger partial charge in [0.05, 0.1) is 12.1 Å². The minimum atomic E-state index is 0.200. The molecule has 2 unspecified atom stereocenters. The molecule has 20 heavy (non-hydrogen) atoms. The number of carbonyl (C=O) groups is 1. The van der Waals surface area contributed by atoms with Crippen molar-refractivity contribution in [1.29, 1.82) is 0 Å². The minimum Gasteiger partial charge on any atom is -0.495 e. The summed E-state index contributed by atoms with van der Waals surface area (Å²) in [7, 11) is 1.57. The van der Waals surface area contributed by atoms with Crippen molar-refractivity contribution in [3.05, 3.63) is 28.8 Å². The van der Waals surface area contributed by atoms with Gasteiger partial charge in [-0.25, -0.2) is 0 Å². The van der Waals surface area contributed by atoms with E-state index in [0.29, 0.717) is 40.8 Å². The molecule has 3 rings (SSSR count). The molecule has 1 aromatic carbocycles. The first-order chi connectivity index (χ1) is 9.65. The van der Waals surface area contributed by atoms with Gasteiger partial charge in [-0.3, -0.25) is 4.79 Å². The summed E-state index contributed by atoms with van der Waals surface area (Å²) in [6, 6.07) is 6.54. The van der Waals surface area contributed by atoms with Crippen molar-refractivity contribution >= 4 is 17.4 Å². The molecule has 3 nitrogen and oxygen atoms in total. The molecule has 4 heteroatoms. The summed E-state index contributed by atoms with van der Waals surface area (Å²) in [6.45, 7) is 0. The standard InChI is InChI=1S/C16H20ClNO2/c1-20-16-9-11(2-5-14(16)17)15(19)8-10-6-12-3-4-13(7-10)18-12/h2,5,9-10,12-13,18H,3-4,6-8H2,1H3. The number of methoxy groups -OCH3 is 1. The van der Waals surface area contributed by atoms with Crippen LogP contribution in [0.2, 0.25) is 5.02 Å². The highest BCUT2D eigenvalue weighted by atomic mass is 35.5. The highest BCUT2D eigenvalue weighted by Gasteiger charge is 2.34. The topological polar surface area (TPSA) is 38.3 Å². The second-order valence-electron chi connectivity index (χ2n) is 5.95. The van der Waals surface area contributed by atoms with Gasteiger partial charge in [-0.1, -0.05) is 11.6 Å². The molecule has 2 heterocycles. The molecule has 1 N–H and O–H groups in total. The summed E-state index contributed by atoms with van der Waals surface area (Å²) in [4.78, 5) is 12.4. The highest BCUT2D eigenvalue weighted by molar-refractivity contribution is 6.32. The molecule has 0 saturated carbocycles. The largest absolute Gasteiger partial charge is 0.495 e. The third kappa shape index (κ3) is 2.84. The van der Waals surface area contributed by atoms with Gasteiger partial charge in [0.2, 0.25) is 0 Å². The number of fused-ring (bicyclic) bond motifs is 2. The fraction of sp³-hybridized carbons (Fsp3) is 0.562. The van der Waals surface area contributed by atoms with Gasteiger partial charge in [0, 0.05) is 24.1 Å². The summed E-state index contributed by atoms with van der Waals surface area (Å²) in [5, 5.41) is 4.16. The molecular weight excluding hydrogens is 274 g/mol. The van der Waals surface area contributed by atoms with Crippen molar-refractivity contribution in [2.45, 2.75) is 44.2 Å². The van der Waals surface area contributed by atoms with Crippen LogP contribution < -0.4 is 10.1 Å². The Bertz CT molecular complexity index is 505. The molecule has 2 aliphatic heterocycles. The van der Waals surface area contributed by atoms with Gasteiger partial charge in [0.1, 0.15) is 5.75 Å². The molecule has 0 spiro atoms. The fourth-order valence-corrected chi connectivity index (χ4v) is 3.75. The Labute approximate surface area is 124 Å². The van der Waals surface area contributed by atoms with Gasteiger partial charge >= 0.3 is 0 Å². The summed E-state index contributed by atoms with van der Waals surface area (Å²) >= 11 is 5.99. The van der Waals surface area contributed by atoms with E-state index in [2.05, 4.69) is 5.32 Å². The van der Waals surface area contributed by atoms with Crippen LogP contribution in [0.25, 0.3) is 0 Å². The van der Waals surface area contributed by atoms with E-state index >= 15 is 0 Å². The molecule has 2 bridgehead atoms. The zero-order valence-corrected chi connectivity index (χ0v) is 12.5. The van der Waals surface area contributed by atoms with Crippen LogP contribution in [0, 0.1) is 5.92 Å². The maximum atomic E-state index is 12.4. The van der Waals surface area contributed by atoms with Crippen LogP contribution in [0.1, 0.15) is 42.5 Å². The van der Waals surface area contributed by atoms with Crippen molar-refractivity contribution in [2.75, 3.05) is 7.11 Å². The van der Waals surface area contributed by atoms with E-state index in [1.807, 2.05) is 0 Å². The van der Waals surface area contributed by atoms with Crippen LogP contribution >= 0.6 is 11.6 Å². The summed E-state index contributed by atoms with van der Waals surface area (Å²) < 4.78 is 5.18. The van der Waals surface area contributed by atoms with Crippen molar-refractivity contribution in [2.24, 2.45) is 5.92 Å².